The van der Waals surface area contributed by atoms with Crippen LogP contribution < -0.4 is 10.1 Å². The van der Waals surface area contributed by atoms with E-state index in [9.17, 15) is 13.6 Å². The zero-order valence-corrected chi connectivity index (χ0v) is 23.1. The Bertz CT molecular complexity index is 1450. The second kappa shape index (κ2) is 11.8. The van der Waals surface area contributed by atoms with E-state index in [4.69, 9.17) is 9.84 Å². The first-order valence-electron chi connectivity index (χ1n) is 12.8. The molecule has 1 aliphatic rings. The van der Waals surface area contributed by atoms with Gasteiger partial charge in [-0.25, -0.2) is 14.4 Å². The van der Waals surface area contributed by atoms with Crippen LogP contribution in [0.4, 0.5) is 19.0 Å². The van der Waals surface area contributed by atoms with Crippen molar-refractivity contribution in [2.45, 2.75) is 32.2 Å². The largest absolute Gasteiger partial charge is 0.481 e. The minimum Gasteiger partial charge on any atom is -0.481 e. The summed E-state index contributed by atoms with van der Waals surface area (Å²) in [6, 6.07) is 4.77. The predicted molar refractivity (Wildman–Crippen MR) is 146 cm³/mol. The van der Waals surface area contributed by atoms with Crippen molar-refractivity contribution in [2.24, 2.45) is 0 Å². The third kappa shape index (κ3) is 6.02. The molecule has 9 nitrogen and oxygen atoms in total. The van der Waals surface area contributed by atoms with Gasteiger partial charge in [-0.15, -0.1) is 0 Å². The van der Waals surface area contributed by atoms with E-state index >= 15 is 4.39 Å². The zero-order valence-electron chi connectivity index (χ0n) is 23.1. The number of nitrogens with zero attached hydrogens (tertiary/aromatic N) is 5. The quantitative estimate of drug-likeness (QED) is 0.408. The van der Waals surface area contributed by atoms with Crippen molar-refractivity contribution in [1.29, 1.82) is 0 Å². The Labute approximate surface area is 230 Å². The summed E-state index contributed by atoms with van der Waals surface area (Å²) in [5.74, 6) is -3.65. The Morgan fingerprint density at radius 3 is 2.65 bits per heavy atom. The van der Waals surface area contributed by atoms with E-state index in [1.165, 1.54) is 19.2 Å². The van der Waals surface area contributed by atoms with E-state index in [1.54, 1.807) is 18.7 Å². The van der Waals surface area contributed by atoms with Crippen molar-refractivity contribution in [3.8, 4) is 5.88 Å². The lowest BCUT2D eigenvalue weighted by Gasteiger charge is -2.28. The summed E-state index contributed by atoms with van der Waals surface area (Å²) in [6.07, 6.45) is 2.56. The summed E-state index contributed by atoms with van der Waals surface area (Å²) >= 11 is 0. The molecule has 214 valence electrons. The number of hydrogen-bond donors (Lipinski definition) is 2. The average Bonchev–Trinajstić information content (AvgIpc) is 2.92. The second-order valence-corrected chi connectivity index (χ2v) is 10.0. The number of fused-ring (bicyclic) bond motifs is 1. The van der Waals surface area contributed by atoms with Crippen LogP contribution in [0.1, 0.15) is 41.9 Å². The molecule has 0 unspecified atom stereocenters. The van der Waals surface area contributed by atoms with Gasteiger partial charge in [-0.2, -0.15) is 13.8 Å². The number of hydrogen-bond acceptors (Lipinski definition) is 8. The number of alkyl halides is 2. The van der Waals surface area contributed by atoms with Crippen LogP contribution in [-0.4, -0.2) is 83.2 Å². The van der Waals surface area contributed by atoms with Gasteiger partial charge in [0.15, 0.2) is 5.65 Å². The van der Waals surface area contributed by atoms with Crippen molar-refractivity contribution >= 4 is 28.3 Å². The maximum atomic E-state index is 15.1. The minimum absolute atomic E-state index is 0.00536. The number of rotatable bonds is 9. The van der Waals surface area contributed by atoms with Crippen LogP contribution in [0.2, 0.25) is 0 Å². The molecule has 2 aromatic heterocycles. The third-order valence-corrected chi connectivity index (χ3v) is 6.76. The topological polar surface area (TPSA) is 104 Å². The monoisotopic (exact) mass is 558 g/mol. The number of carbonyl (C=O) groups is 1. The van der Waals surface area contributed by atoms with Crippen LogP contribution in [0, 0.1) is 12.7 Å². The van der Waals surface area contributed by atoms with E-state index in [1.807, 2.05) is 31.1 Å². The van der Waals surface area contributed by atoms with Crippen LogP contribution >= 0.6 is 0 Å². The summed E-state index contributed by atoms with van der Waals surface area (Å²) < 4.78 is 48.9. The summed E-state index contributed by atoms with van der Waals surface area (Å²) in [7, 11) is 5.21. The number of amides is 1. The SMILES string of the molecule is COc1nc2nc(C)nc(N[C@H](C)c3cccc(C(F)(F)CO)c3F)c2cc1C1=CCN(C(=O)CN(C)C)CC1. The van der Waals surface area contributed by atoms with Gasteiger partial charge in [0.1, 0.15) is 24.1 Å². The average molecular weight is 559 g/mol. The number of ether oxygens (including phenoxy) is 1. The van der Waals surface area contributed by atoms with Gasteiger partial charge in [0.2, 0.25) is 11.8 Å². The molecule has 1 aliphatic heterocycles. The van der Waals surface area contributed by atoms with Crippen molar-refractivity contribution in [2.75, 3.05) is 52.8 Å². The van der Waals surface area contributed by atoms with Gasteiger partial charge in [0, 0.05) is 24.2 Å². The van der Waals surface area contributed by atoms with Crippen LogP contribution in [0.25, 0.3) is 16.6 Å². The smallest absolute Gasteiger partial charge is 0.298 e. The number of halogens is 3. The number of likely N-dealkylation sites (N-methyl/N-ethyl adjacent to an activating group) is 1. The Kier molecular flexibility index (Phi) is 8.59. The van der Waals surface area contributed by atoms with Crippen LogP contribution in [0.3, 0.4) is 0 Å². The van der Waals surface area contributed by atoms with E-state index in [-0.39, 0.29) is 11.5 Å². The fraction of sp³-hybridized carbons (Fsp3) is 0.429. The number of aliphatic hydroxyl groups excluding tert-OH is 1. The molecule has 2 N–H and O–H groups in total. The molecular formula is C28H33F3N6O3. The molecule has 0 saturated heterocycles. The number of pyridine rings is 1. The van der Waals surface area contributed by atoms with Gasteiger partial charge >= 0.3 is 0 Å². The number of aromatic nitrogens is 3. The molecule has 0 spiro atoms. The lowest BCUT2D eigenvalue weighted by atomic mass is 9.98. The molecule has 1 atom stereocenters. The molecule has 3 heterocycles. The van der Waals surface area contributed by atoms with Gasteiger partial charge in [-0.05, 0) is 52.1 Å². The Hall–Kier alpha value is -3.77. The molecule has 3 aromatic rings. The highest BCUT2D eigenvalue weighted by molar-refractivity contribution is 5.91. The highest BCUT2D eigenvalue weighted by atomic mass is 19.3. The second-order valence-electron chi connectivity index (χ2n) is 10.0. The maximum absolute atomic E-state index is 15.1. The summed E-state index contributed by atoms with van der Waals surface area (Å²) in [5, 5.41) is 12.7. The number of benzene rings is 1. The van der Waals surface area contributed by atoms with Crippen molar-refractivity contribution < 1.29 is 27.8 Å². The molecule has 1 aromatic carbocycles. The first-order valence-corrected chi connectivity index (χ1v) is 12.8. The number of carbonyl (C=O) groups excluding carboxylic acids is 1. The first kappa shape index (κ1) is 29.2. The zero-order chi connectivity index (χ0) is 29.2. The lowest BCUT2D eigenvalue weighted by Crippen LogP contribution is -2.40. The molecule has 4 rings (SSSR count). The van der Waals surface area contributed by atoms with E-state index in [0.717, 1.165) is 11.6 Å². The highest BCUT2D eigenvalue weighted by Crippen LogP contribution is 2.36. The molecule has 0 fully saturated rings. The molecule has 0 radical (unpaired) electrons. The molecular weight excluding hydrogens is 525 g/mol. The third-order valence-electron chi connectivity index (χ3n) is 6.76. The van der Waals surface area contributed by atoms with Crippen molar-refractivity contribution in [1.82, 2.24) is 24.8 Å². The van der Waals surface area contributed by atoms with Gasteiger partial charge < -0.3 is 25.0 Å². The molecule has 0 bridgehead atoms. The Morgan fingerprint density at radius 1 is 1.27 bits per heavy atom. The van der Waals surface area contributed by atoms with Crippen LogP contribution in [0.15, 0.2) is 30.3 Å². The van der Waals surface area contributed by atoms with E-state index < -0.39 is 30.0 Å². The number of aliphatic hydroxyl groups is 1. The van der Waals surface area contributed by atoms with Crippen LogP contribution in [-0.2, 0) is 10.7 Å². The standard InChI is InChI=1S/C28H33F3N6O3/c1-16(19-7-6-8-22(24(19)29)28(30,31)15-38)32-25-21-13-20(27(40-5)35-26(21)34-17(2)33-25)18-9-11-37(12-10-18)23(39)14-36(3)4/h6-9,13,16,38H,10-12,14-15H2,1-5H3,(H,32,33,34,35)/t16-/m1/s1. The van der Waals surface area contributed by atoms with Gasteiger partial charge in [-0.3, -0.25) is 4.79 Å². The molecule has 40 heavy (non-hydrogen) atoms. The molecule has 12 heteroatoms. The Balaban J connectivity index is 1.70. The summed E-state index contributed by atoms with van der Waals surface area (Å²) in [5.41, 5.74) is 1.14. The highest BCUT2D eigenvalue weighted by Gasteiger charge is 2.35. The van der Waals surface area contributed by atoms with Gasteiger partial charge in [-0.1, -0.05) is 18.2 Å². The maximum Gasteiger partial charge on any atom is 0.298 e. The van der Waals surface area contributed by atoms with E-state index in [0.29, 0.717) is 60.2 Å². The van der Waals surface area contributed by atoms with Crippen molar-refractivity contribution in [3.05, 3.63) is 58.7 Å². The summed E-state index contributed by atoms with van der Waals surface area (Å²) in [6.45, 7) is 3.13. The molecule has 1 amide bonds. The lowest BCUT2D eigenvalue weighted by molar-refractivity contribution is -0.131. The number of aryl methyl sites for hydroxylation is 1. The molecule has 0 saturated carbocycles. The minimum atomic E-state index is -3.71. The Morgan fingerprint density at radius 2 is 2.02 bits per heavy atom. The van der Waals surface area contributed by atoms with E-state index in [2.05, 4.69) is 20.3 Å². The normalized spacial score (nSPS) is 14.8. The summed E-state index contributed by atoms with van der Waals surface area (Å²) in [4.78, 5) is 29.6. The number of methoxy groups -OCH3 is 1. The van der Waals surface area contributed by atoms with Crippen LogP contribution in [0.5, 0.6) is 5.88 Å². The van der Waals surface area contributed by atoms with Gasteiger partial charge in [0.25, 0.3) is 5.92 Å². The number of nitrogens with one attached hydrogen (secondary N) is 1. The van der Waals surface area contributed by atoms with Gasteiger partial charge in [0.05, 0.1) is 30.6 Å². The number of anilines is 1. The fourth-order valence-corrected chi connectivity index (χ4v) is 4.69. The first-order chi connectivity index (χ1) is 18.9. The molecule has 0 aliphatic carbocycles. The predicted octanol–water partition coefficient (Wildman–Crippen LogP) is 3.92. The fourth-order valence-electron chi connectivity index (χ4n) is 4.69. The van der Waals surface area contributed by atoms with Crippen molar-refractivity contribution in [3.63, 3.8) is 0 Å².